The lowest BCUT2D eigenvalue weighted by Crippen LogP contribution is -2.48. The van der Waals surface area contributed by atoms with Gasteiger partial charge >= 0.3 is 5.97 Å². The van der Waals surface area contributed by atoms with E-state index in [1.165, 1.54) is 10.2 Å². The van der Waals surface area contributed by atoms with Crippen molar-refractivity contribution in [2.24, 2.45) is 17.3 Å². The lowest BCUT2D eigenvalue weighted by atomic mass is 9.82. The Kier molecular flexibility index (Phi) is 11.6. The summed E-state index contributed by atoms with van der Waals surface area (Å²) in [6.07, 6.45) is 9.16. The van der Waals surface area contributed by atoms with Crippen molar-refractivity contribution in [3.05, 3.63) is 40.3 Å². The van der Waals surface area contributed by atoms with Gasteiger partial charge in [-0.1, -0.05) is 37.3 Å². The normalized spacial score (nSPS) is 18.1. The van der Waals surface area contributed by atoms with Crippen molar-refractivity contribution in [2.75, 3.05) is 18.7 Å². The first kappa shape index (κ1) is 31.6. The van der Waals surface area contributed by atoms with Crippen LogP contribution in [0.25, 0.3) is 0 Å². The summed E-state index contributed by atoms with van der Waals surface area (Å²) in [6.45, 7) is 10.6. The smallest absolute Gasteiger partial charge is 0.348 e. The molecule has 0 aromatic carbocycles. The number of aromatic carboxylic acids is 1. The molecule has 3 rings (SSSR count). The van der Waals surface area contributed by atoms with Crippen LogP contribution >= 0.6 is 11.3 Å². The van der Waals surface area contributed by atoms with Gasteiger partial charge in [-0.15, -0.1) is 11.3 Å². The van der Waals surface area contributed by atoms with Crippen LogP contribution in [0.15, 0.2) is 30.6 Å². The molecule has 1 amide bonds. The maximum Gasteiger partial charge on any atom is 0.348 e. The molecular formula is C31H43N3O5S. The zero-order valence-corrected chi connectivity index (χ0v) is 25.4. The van der Waals surface area contributed by atoms with E-state index in [2.05, 4.69) is 30.7 Å². The molecule has 0 radical (unpaired) electrons. The predicted molar refractivity (Wildman–Crippen MR) is 158 cm³/mol. The molecule has 0 bridgehead atoms. The highest BCUT2D eigenvalue weighted by molar-refractivity contribution is 7.15. The molecule has 1 N–H and O–H groups in total. The van der Waals surface area contributed by atoms with Gasteiger partial charge in [0.25, 0.3) is 0 Å². The van der Waals surface area contributed by atoms with Crippen molar-refractivity contribution in [1.29, 1.82) is 0 Å². The van der Waals surface area contributed by atoms with Crippen molar-refractivity contribution in [2.45, 2.75) is 85.7 Å². The van der Waals surface area contributed by atoms with Crippen LogP contribution in [0.2, 0.25) is 0 Å². The third-order valence-electron chi connectivity index (χ3n) is 6.82. The standard InChI is InChI=1S/C31H43N3O5S/c1-7-9-24(39-25-10-8-18-32-21-25)16-19-38-33(6)34(29(35)23-13-11-22(2)12-14-23)27-20-26(15-17-31(3,4)5)40-28(27)30(36)37/h8,10,18,20-24H,7,9,11-14,16,19H2,1-6H3,(H,36,37)/t22?,23?,24-/m1/s1. The molecule has 40 heavy (non-hydrogen) atoms. The Morgan fingerprint density at radius 1 is 1.23 bits per heavy atom. The van der Waals surface area contributed by atoms with Crippen LogP contribution in [0.3, 0.4) is 0 Å². The summed E-state index contributed by atoms with van der Waals surface area (Å²) in [5.41, 5.74) is 0.0489. The fourth-order valence-corrected chi connectivity index (χ4v) is 5.49. The van der Waals surface area contributed by atoms with Gasteiger partial charge in [-0.25, -0.2) is 9.80 Å². The number of thiophene rings is 1. The second kappa shape index (κ2) is 14.6. The summed E-state index contributed by atoms with van der Waals surface area (Å²) in [6, 6.07) is 5.40. The number of hydroxylamine groups is 1. The van der Waals surface area contributed by atoms with Crippen molar-refractivity contribution >= 4 is 28.9 Å². The molecule has 9 heteroatoms. The van der Waals surface area contributed by atoms with Crippen LogP contribution in [-0.4, -0.2) is 46.9 Å². The number of hydrazine groups is 1. The number of hydrogen-bond acceptors (Lipinski definition) is 7. The van der Waals surface area contributed by atoms with E-state index >= 15 is 0 Å². The number of anilines is 1. The summed E-state index contributed by atoms with van der Waals surface area (Å²) >= 11 is 1.08. The molecule has 1 saturated carbocycles. The van der Waals surface area contributed by atoms with Gasteiger partial charge in [0.1, 0.15) is 16.7 Å². The Bertz CT molecular complexity index is 1170. The molecule has 0 unspecified atom stereocenters. The van der Waals surface area contributed by atoms with Gasteiger partial charge in [0, 0.05) is 31.0 Å². The van der Waals surface area contributed by atoms with Gasteiger partial charge in [-0.05, 0) is 77.0 Å². The minimum Gasteiger partial charge on any atom is -0.489 e. The van der Waals surface area contributed by atoms with Crippen LogP contribution in [-0.2, 0) is 9.63 Å². The van der Waals surface area contributed by atoms with E-state index < -0.39 is 5.97 Å². The summed E-state index contributed by atoms with van der Waals surface area (Å²) in [7, 11) is 1.66. The van der Waals surface area contributed by atoms with Crippen molar-refractivity contribution in [3.8, 4) is 17.6 Å². The molecule has 1 fully saturated rings. The molecule has 1 aliphatic carbocycles. The van der Waals surface area contributed by atoms with Crippen LogP contribution < -0.4 is 9.75 Å². The summed E-state index contributed by atoms with van der Waals surface area (Å²) in [5.74, 6) is 6.10. The molecule has 1 aliphatic rings. The van der Waals surface area contributed by atoms with E-state index in [4.69, 9.17) is 9.57 Å². The Morgan fingerprint density at radius 2 is 1.95 bits per heavy atom. The highest BCUT2D eigenvalue weighted by Gasteiger charge is 2.35. The zero-order valence-electron chi connectivity index (χ0n) is 24.6. The van der Waals surface area contributed by atoms with Gasteiger partial charge in [-0.2, -0.15) is 0 Å². The minimum absolute atomic E-state index is 0.0648. The predicted octanol–water partition coefficient (Wildman–Crippen LogP) is 6.81. The van der Waals surface area contributed by atoms with Crippen LogP contribution in [0, 0.1) is 29.1 Å². The first-order chi connectivity index (χ1) is 19.0. The maximum atomic E-state index is 13.9. The number of ether oxygens (including phenoxy) is 1. The first-order valence-electron chi connectivity index (χ1n) is 14.2. The number of carboxylic acids is 1. The van der Waals surface area contributed by atoms with Crippen molar-refractivity contribution < 1.29 is 24.3 Å². The number of carbonyl (C=O) groups excluding carboxylic acids is 1. The number of carbonyl (C=O) groups is 2. The second-order valence-corrected chi connectivity index (χ2v) is 12.6. The molecular weight excluding hydrogens is 526 g/mol. The Hall–Kier alpha value is -2.93. The molecule has 8 nitrogen and oxygen atoms in total. The van der Waals surface area contributed by atoms with Gasteiger partial charge in [-0.3, -0.25) is 14.6 Å². The molecule has 1 atom stereocenters. The van der Waals surface area contributed by atoms with Crippen molar-refractivity contribution in [3.63, 3.8) is 0 Å². The van der Waals surface area contributed by atoms with E-state index in [0.29, 0.717) is 28.7 Å². The SMILES string of the molecule is CCC[C@H](CCON(C)N(C(=O)C1CCC(C)CC1)c1cc(C#CC(C)(C)C)sc1C(=O)O)Oc1cccnc1. The lowest BCUT2D eigenvalue weighted by molar-refractivity contribution is -0.167. The Labute approximate surface area is 242 Å². The third-order valence-corrected chi connectivity index (χ3v) is 7.84. The number of nitrogens with zero attached hydrogens (tertiary/aromatic N) is 3. The summed E-state index contributed by atoms with van der Waals surface area (Å²) in [4.78, 5) is 37.1. The zero-order chi connectivity index (χ0) is 29.3. The maximum absolute atomic E-state index is 13.9. The molecule has 218 valence electrons. The number of carboxylic acid groups (broad SMARTS) is 1. The number of hydrogen-bond donors (Lipinski definition) is 1. The van der Waals surface area contributed by atoms with Gasteiger partial charge in [0.15, 0.2) is 0 Å². The highest BCUT2D eigenvalue weighted by atomic mass is 32.1. The van der Waals surface area contributed by atoms with E-state index in [1.54, 1.807) is 25.5 Å². The Balaban J connectivity index is 1.84. The van der Waals surface area contributed by atoms with Gasteiger partial charge in [0.2, 0.25) is 5.91 Å². The van der Waals surface area contributed by atoms with Gasteiger partial charge in [0.05, 0.1) is 23.4 Å². The fraction of sp³-hybridized carbons (Fsp3) is 0.581. The molecule has 0 spiro atoms. The Morgan fingerprint density at radius 3 is 2.55 bits per heavy atom. The number of aromatic nitrogens is 1. The monoisotopic (exact) mass is 569 g/mol. The largest absolute Gasteiger partial charge is 0.489 e. The molecule has 2 aromatic rings. The molecule has 2 aromatic heterocycles. The number of pyridine rings is 1. The third kappa shape index (κ3) is 9.33. The highest BCUT2D eigenvalue weighted by Crippen LogP contribution is 2.36. The summed E-state index contributed by atoms with van der Waals surface area (Å²) < 4.78 is 6.11. The summed E-state index contributed by atoms with van der Waals surface area (Å²) in [5, 5.41) is 12.9. The minimum atomic E-state index is -1.10. The quantitative estimate of drug-likeness (QED) is 0.222. The fourth-order valence-electron chi connectivity index (χ4n) is 4.66. The van der Waals surface area contributed by atoms with Crippen molar-refractivity contribution in [1.82, 2.24) is 10.2 Å². The average molecular weight is 570 g/mol. The van der Waals surface area contributed by atoms with E-state index in [9.17, 15) is 14.7 Å². The van der Waals surface area contributed by atoms with Crippen LogP contribution in [0.4, 0.5) is 5.69 Å². The lowest BCUT2D eigenvalue weighted by Gasteiger charge is -2.35. The second-order valence-electron chi connectivity index (χ2n) is 11.5. The molecule has 0 saturated heterocycles. The van der Waals surface area contributed by atoms with Gasteiger partial charge < -0.3 is 9.84 Å². The average Bonchev–Trinajstić information content (AvgIpc) is 3.32. The molecule has 0 aliphatic heterocycles. The van der Waals surface area contributed by atoms with Crippen LogP contribution in [0.5, 0.6) is 5.75 Å². The first-order valence-corrected chi connectivity index (χ1v) is 15.0. The number of rotatable bonds is 12. The van der Waals surface area contributed by atoms with E-state index in [0.717, 1.165) is 49.9 Å². The van der Waals surface area contributed by atoms with E-state index in [-0.39, 0.29) is 34.8 Å². The topological polar surface area (TPSA) is 92.2 Å². The molecule has 2 heterocycles. The van der Waals surface area contributed by atoms with Crippen LogP contribution in [0.1, 0.15) is 94.1 Å². The number of amides is 1. The van der Waals surface area contributed by atoms with E-state index in [1.807, 2.05) is 32.9 Å².